The maximum Gasteiger partial charge on any atom is 0.224 e. The van der Waals surface area contributed by atoms with Crippen LogP contribution < -0.4 is 10.2 Å². The molecule has 0 radical (unpaired) electrons. The minimum atomic E-state index is -0.375. The Hall–Kier alpha value is -1.39. The zero-order chi connectivity index (χ0) is 14.4. The van der Waals surface area contributed by atoms with Gasteiger partial charge in [-0.3, -0.25) is 0 Å². The highest BCUT2D eigenvalue weighted by Gasteiger charge is 2.17. The predicted octanol–water partition coefficient (Wildman–Crippen LogP) is 3.31. The minimum absolute atomic E-state index is 0.239. The number of nitrogens with zero attached hydrogens (tertiary/aromatic N) is 3. The van der Waals surface area contributed by atoms with Crippen LogP contribution in [0.4, 0.5) is 16.2 Å². The second-order valence-electron chi connectivity index (χ2n) is 5.38. The van der Waals surface area contributed by atoms with Crippen molar-refractivity contribution < 1.29 is 4.39 Å². The van der Waals surface area contributed by atoms with E-state index in [1.807, 2.05) is 11.9 Å². The van der Waals surface area contributed by atoms with E-state index >= 15 is 0 Å². The molecule has 0 aliphatic rings. The quantitative estimate of drug-likeness (QED) is 0.823. The Morgan fingerprint density at radius 3 is 2.63 bits per heavy atom. The number of nitrogens with one attached hydrogen (secondary N) is 1. The fourth-order valence-corrected chi connectivity index (χ4v) is 1.98. The van der Waals surface area contributed by atoms with Gasteiger partial charge in [-0.1, -0.05) is 20.8 Å². The maximum absolute atomic E-state index is 13.8. The molecule has 0 aliphatic carbocycles. The maximum atomic E-state index is 13.8. The van der Waals surface area contributed by atoms with E-state index in [4.69, 9.17) is 0 Å². The van der Waals surface area contributed by atoms with Gasteiger partial charge in [-0.2, -0.15) is 4.98 Å². The van der Waals surface area contributed by atoms with Crippen LogP contribution in [0.25, 0.3) is 0 Å². The first kappa shape index (κ1) is 15.7. The van der Waals surface area contributed by atoms with Crippen molar-refractivity contribution in [2.24, 2.45) is 5.92 Å². The summed E-state index contributed by atoms with van der Waals surface area (Å²) in [6, 6.07) is 0.239. The lowest BCUT2D eigenvalue weighted by Gasteiger charge is -2.27. The molecule has 0 fully saturated rings. The molecule has 1 atom stereocenters. The molecule has 1 aromatic rings. The number of rotatable bonds is 7. The van der Waals surface area contributed by atoms with Crippen LogP contribution in [0, 0.1) is 11.7 Å². The summed E-state index contributed by atoms with van der Waals surface area (Å²) in [5, 5.41) is 3.08. The van der Waals surface area contributed by atoms with Crippen molar-refractivity contribution in [1.82, 2.24) is 9.97 Å². The van der Waals surface area contributed by atoms with Crippen molar-refractivity contribution in [3.05, 3.63) is 12.0 Å². The Morgan fingerprint density at radius 2 is 2.05 bits per heavy atom. The highest BCUT2D eigenvalue weighted by molar-refractivity contribution is 5.44. The third-order valence-electron chi connectivity index (χ3n) is 3.07. The van der Waals surface area contributed by atoms with Gasteiger partial charge in [0.05, 0.1) is 6.20 Å². The van der Waals surface area contributed by atoms with Crippen LogP contribution in [0.2, 0.25) is 0 Å². The summed E-state index contributed by atoms with van der Waals surface area (Å²) in [5.41, 5.74) is 0. The highest BCUT2D eigenvalue weighted by atomic mass is 19.1. The van der Waals surface area contributed by atoms with Crippen LogP contribution in [-0.2, 0) is 0 Å². The lowest BCUT2D eigenvalue weighted by molar-refractivity contribution is 0.494. The zero-order valence-electron chi connectivity index (χ0n) is 12.6. The fourth-order valence-electron chi connectivity index (χ4n) is 1.98. The SMILES string of the molecule is CCCNc1ncc(F)c(N(C)C(C)CC(C)C)n1. The first-order valence-electron chi connectivity index (χ1n) is 6.94. The summed E-state index contributed by atoms with van der Waals surface area (Å²) in [6.45, 7) is 9.26. The molecular weight excluding hydrogens is 243 g/mol. The van der Waals surface area contributed by atoms with E-state index in [1.54, 1.807) is 0 Å². The number of halogens is 1. The van der Waals surface area contributed by atoms with Gasteiger partial charge in [0.2, 0.25) is 5.95 Å². The fraction of sp³-hybridized carbons (Fsp3) is 0.714. The second-order valence-corrected chi connectivity index (χ2v) is 5.38. The second kappa shape index (κ2) is 7.26. The molecule has 1 heterocycles. The van der Waals surface area contributed by atoms with Gasteiger partial charge < -0.3 is 10.2 Å². The van der Waals surface area contributed by atoms with E-state index in [1.165, 1.54) is 6.20 Å². The molecule has 0 aliphatic heterocycles. The van der Waals surface area contributed by atoms with Crippen molar-refractivity contribution >= 4 is 11.8 Å². The Balaban J connectivity index is 2.85. The molecule has 0 aromatic carbocycles. The molecule has 4 nitrogen and oxygen atoms in total. The van der Waals surface area contributed by atoms with Crippen LogP contribution in [0.15, 0.2) is 6.20 Å². The first-order valence-corrected chi connectivity index (χ1v) is 6.94. The van der Waals surface area contributed by atoms with Gasteiger partial charge in [0.15, 0.2) is 11.6 Å². The van der Waals surface area contributed by atoms with Gasteiger partial charge in [0.25, 0.3) is 0 Å². The molecule has 0 bridgehead atoms. The van der Waals surface area contributed by atoms with Crippen molar-refractivity contribution in [3.8, 4) is 0 Å². The van der Waals surface area contributed by atoms with Crippen LogP contribution in [-0.4, -0.2) is 29.6 Å². The van der Waals surface area contributed by atoms with E-state index in [0.29, 0.717) is 17.7 Å². The van der Waals surface area contributed by atoms with E-state index in [0.717, 1.165) is 19.4 Å². The number of anilines is 2. The minimum Gasteiger partial charge on any atom is -0.354 e. The van der Waals surface area contributed by atoms with Crippen molar-refractivity contribution in [2.45, 2.75) is 46.6 Å². The molecule has 5 heteroatoms. The predicted molar refractivity (Wildman–Crippen MR) is 78.1 cm³/mol. The molecule has 1 rings (SSSR count). The van der Waals surface area contributed by atoms with E-state index in [9.17, 15) is 4.39 Å². The number of aromatic nitrogens is 2. The average Bonchev–Trinajstić information content (AvgIpc) is 2.36. The van der Waals surface area contributed by atoms with Crippen molar-refractivity contribution in [1.29, 1.82) is 0 Å². The van der Waals surface area contributed by atoms with Crippen LogP contribution >= 0.6 is 0 Å². The van der Waals surface area contributed by atoms with Crippen LogP contribution in [0.1, 0.15) is 40.5 Å². The van der Waals surface area contributed by atoms with Gasteiger partial charge >= 0.3 is 0 Å². The monoisotopic (exact) mass is 268 g/mol. The molecule has 108 valence electrons. The Morgan fingerprint density at radius 1 is 1.37 bits per heavy atom. The molecule has 0 amide bonds. The summed E-state index contributed by atoms with van der Waals surface area (Å²) >= 11 is 0. The lowest BCUT2D eigenvalue weighted by atomic mass is 10.0. The molecular formula is C14H25FN4. The molecule has 1 aromatic heterocycles. The van der Waals surface area contributed by atoms with E-state index < -0.39 is 0 Å². The molecule has 0 spiro atoms. The summed E-state index contributed by atoms with van der Waals surface area (Å²) in [4.78, 5) is 10.1. The van der Waals surface area contributed by atoms with E-state index in [2.05, 4.69) is 43.0 Å². The Kier molecular flexibility index (Phi) is 5.99. The third-order valence-corrected chi connectivity index (χ3v) is 3.07. The van der Waals surface area contributed by atoms with Gasteiger partial charge in [-0.05, 0) is 25.7 Å². The average molecular weight is 268 g/mol. The van der Waals surface area contributed by atoms with Crippen molar-refractivity contribution in [3.63, 3.8) is 0 Å². The Bertz CT molecular complexity index is 395. The smallest absolute Gasteiger partial charge is 0.224 e. The van der Waals surface area contributed by atoms with Crippen LogP contribution in [0.5, 0.6) is 0 Å². The molecule has 1 N–H and O–H groups in total. The molecule has 19 heavy (non-hydrogen) atoms. The number of hydrogen-bond acceptors (Lipinski definition) is 4. The van der Waals surface area contributed by atoms with E-state index in [-0.39, 0.29) is 11.9 Å². The van der Waals surface area contributed by atoms with Gasteiger partial charge in [-0.25, -0.2) is 9.37 Å². The highest BCUT2D eigenvalue weighted by Crippen LogP contribution is 2.20. The molecule has 0 saturated heterocycles. The first-order chi connectivity index (χ1) is 8.95. The normalized spacial score (nSPS) is 12.6. The van der Waals surface area contributed by atoms with Gasteiger partial charge in [0.1, 0.15) is 0 Å². The Labute approximate surface area is 115 Å². The lowest BCUT2D eigenvalue weighted by Crippen LogP contribution is -2.31. The topological polar surface area (TPSA) is 41.1 Å². The summed E-state index contributed by atoms with van der Waals surface area (Å²) < 4.78 is 13.8. The van der Waals surface area contributed by atoms with Gasteiger partial charge in [-0.15, -0.1) is 0 Å². The molecule has 1 unspecified atom stereocenters. The number of hydrogen-bond donors (Lipinski definition) is 1. The van der Waals surface area contributed by atoms with Gasteiger partial charge in [0, 0.05) is 19.6 Å². The zero-order valence-corrected chi connectivity index (χ0v) is 12.6. The molecule has 0 saturated carbocycles. The summed E-state index contributed by atoms with van der Waals surface area (Å²) in [7, 11) is 1.88. The summed E-state index contributed by atoms with van der Waals surface area (Å²) in [5.74, 6) is 1.05. The van der Waals surface area contributed by atoms with Crippen LogP contribution in [0.3, 0.4) is 0 Å². The summed E-state index contributed by atoms with van der Waals surface area (Å²) in [6.07, 6.45) is 3.21. The van der Waals surface area contributed by atoms with Crippen molar-refractivity contribution in [2.75, 3.05) is 23.8 Å². The third kappa shape index (κ3) is 4.65. The standard InChI is InChI=1S/C14H25FN4/c1-6-7-16-14-17-9-12(15)13(18-14)19(5)11(4)8-10(2)3/h9-11H,6-8H2,1-5H3,(H,16,17,18). The largest absolute Gasteiger partial charge is 0.354 e.